The molecule has 2 aliphatic heterocycles. The summed E-state index contributed by atoms with van der Waals surface area (Å²) in [7, 11) is 0. The van der Waals surface area contributed by atoms with Crippen molar-refractivity contribution in [1.29, 1.82) is 0 Å². The average molecular weight is 466 g/mol. The first-order valence-corrected chi connectivity index (χ1v) is 9.58. The number of ether oxygens (including phenoxy) is 6. The zero-order chi connectivity index (χ0) is 24.3. The minimum atomic E-state index is -2.01. The van der Waals surface area contributed by atoms with Crippen LogP contribution in [-0.2, 0) is 47.6 Å². The van der Waals surface area contributed by atoms with Gasteiger partial charge in [-0.3, -0.25) is 14.4 Å². The molecule has 10 atom stereocenters. The van der Waals surface area contributed by atoms with Gasteiger partial charge in [0.05, 0.1) is 6.10 Å². The monoisotopic (exact) mass is 466 g/mol. The van der Waals surface area contributed by atoms with Gasteiger partial charge in [-0.05, 0) is 6.92 Å². The summed E-state index contributed by atoms with van der Waals surface area (Å²) in [4.78, 5) is 46.4. The topological polar surface area (TPSA) is 205 Å². The quantitative estimate of drug-likeness (QED) is 0.235. The summed E-state index contributed by atoms with van der Waals surface area (Å²) in [5.74, 6) is -4.07. The maximum Gasteiger partial charge on any atom is 0.335 e. The summed E-state index contributed by atoms with van der Waals surface area (Å²) in [6.45, 7) is 4.61. The summed E-state index contributed by atoms with van der Waals surface area (Å²) in [5, 5.41) is 39.1. The van der Waals surface area contributed by atoms with E-state index in [1.807, 2.05) is 0 Å². The van der Waals surface area contributed by atoms with Crippen molar-refractivity contribution in [3.05, 3.63) is 0 Å². The van der Waals surface area contributed by atoms with E-state index in [-0.39, 0.29) is 0 Å². The Morgan fingerprint density at radius 2 is 1.22 bits per heavy atom. The van der Waals surface area contributed by atoms with E-state index in [0.29, 0.717) is 0 Å². The molecular formula is C18H26O14. The number of hydrogen-bond acceptors (Lipinski definition) is 13. The van der Waals surface area contributed by atoms with Crippen molar-refractivity contribution in [2.24, 2.45) is 0 Å². The molecule has 32 heavy (non-hydrogen) atoms. The molecule has 0 unspecified atom stereocenters. The first-order valence-electron chi connectivity index (χ1n) is 9.58. The van der Waals surface area contributed by atoms with Gasteiger partial charge in [0.2, 0.25) is 0 Å². The Bertz CT molecular complexity index is 724. The SMILES string of the molecule is CC(=O)O[C@@H]1[C@@H](OC(C)=O)[C@H](C)O[C@@H](O[C@@H]2[C@H](O)[C@@H](O)[C@H](O)O[C@@H]2C(=O)O)[C@@H]1OC(C)=O. The van der Waals surface area contributed by atoms with Crippen LogP contribution in [0, 0.1) is 0 Å². The largest absolute Gasteiger partial charge is 0.479 e. The van der Waals surface area contributed by atoms with Crippen LogP contribution in [0.25, 0.3) is 0 Å². The van der Waals surface area contributed by atoms with Gasteiger partial charge in [-0.15, -0.1) is 0 Å². The fourth-order valence-electron chi connectivity index (χ4n) is 3.44. The van der Waals surface area contributed by atoms with Gasteiger partial charge in [0.1, 0.15) is 18.3 Å². The van der Waals surface area contributed by atoms with Crippen molar-refractivity contribution < 1.29 is 68.0 Å². The highest BCUT2D eigenvalue weighted by Gasteiger charge is 2.55. The standard InChI is InChI=1S/C18H26O14/c1-5-11(28-6(2)19)13(29-7(3)20)15(30-8(4)21)18(27-5)32-12-9(22)10(23)17(26)31-14(12)16(24)25/h5,9-15,17-18,22-23,26H,1-4H3,(H,24,25)/t5-,9+,10+,11-,12+,13+,14-,15+,17+,18-/m0/s1. The fraction of sp³-hybridized carbons (Fsp3) is 0.778. The van der Waals surface area contributed by atoms with Crippen LogP contribution < -0.4 is 0 Å². The molecule has 2 fully saturated rings. The molecule has 2 heterocycles. The van der Waals surface area contributed by atoms with Gasteiger partial charge in [0, 0.05) is 20.8 Å². The van der Waals surface area contributed by atoms with Crippen LogP contribution in [0.3, 0.4) is 0 Å². The molecule has 0 saturated carbocycles. The van der Waals surface area contributed by atoms with Gasteiger partial charge in [-0.2, -0.15) is 0 Å². The van der Waals surface area contributed by atoms with E-state index in [1.165, 1.54) is 6.92 Å². The number of carboxylic acids is 1. The Hall–Kier alpha value is -2.36. The summed E-state index contributed by atoms with van der Waals surface area (Å²) in [6.07, 6.45) is -16.5. The van der Waals surface area contributed by atoms with Crippen LogP contribution in [0.15, 0.2) is 0 Å². The number of carbonyl (C=O) groups excluding carboxylic acids is 3. The van der Waals surface area contributed by atoms with E-state index in [2.05, 4.69) is 0 Å². The third-order valence-corrected chi connectivity index (χ3v) is 4.73. The van der Waals surface area contributed by atoms with Gasteiger partial charge >= 0.3 is 23.9 Å². The number of carboxylic acid groups (broad SMARTS) is 1. The van der Waals surface area contributed by atoms with Gasteiger partial charge in [-0.25, -0.2) is 4.79 Å². The highest BCUT2D eigenvalue weighted by atomic mass is 16.7. The second kappa shape index (κ2) is 10.5. The van der Waals surface area contributed by atoms with Gasteiger partial charge in [0.25, 0.3) is 0 Å². The van der Waals surface area contributed by atoms with Crippen LogP contribution in [0.4, 0.5) is 0 Å². The number of rotatable bonds is 6. The predicted octanol–water partition coefficient (Wildman–Crippen LogP) is -2.56. The maximum absolute atomic E-state index is 11.7. The van der Waals surface area contributed by atoms with Crippen molar-refractivity contribution in [1.82, 2.24) is 0 Å². The average Bonchev–Trinajstić information content (AvgIpc) is 2.66. The Balaban J connectivity index is 2.40. The van der Waals surface area contributed by atoms with Gasteiger partial charge in [0.15, 0.2) is 37.0 Å². The summed E-state index contributed by atoms with van der Waals surface area (Å²) in [5.41, 5.74) is 0. The molecular weight excluding hydrogens is 440 g/mol. The lowest BCUT2D eigenvalue weighted by Gasteiger charge is -2.46. The lowest BCUT2D eigenvalue weighted by Crippen LogP contribution is -2.65. The van der Waals surface area contributed by atoms with Crippen LogP contribution in [0.5, 0.6) is 0 Å². The number of aliphatic hydroxyl groups is 3. The van der Waals surface area contributed by atoms with E-state index < -0.39 is 85.3 Å². The highest BCUT2D eigenvalue weighted by molar-refractivity contribution is 5.73. The molecule has 0 amide bonds. The van der Waals surface area contributed by atoms with Crippen LogP contribution in [0.2, 0.25) is 0 Å². The third kappa shape index (κ3) is 5.90. The van der Waals surface area contributed by atoms with Crippen molar-refractivity contribution in [3.8, 4) is 0 Å². The third-order valence-electron chi connectivity index (χ3n) is 4.73. The van der Waals surface area contributed by atoms with Crippen LogP contribution in [0.1, 0.15) is 27.7 Å². The Kier molecular flexibility index (Phi) is 8.50. The lowest BCUT2D eigenvalue weighted by molar-refractivity contribution is -0.348. The van der Waals surface area contributed by atoms with E-state index >= 15 is 0 Å². The van der Waals surface area contributed by atoms with Crippen molar-refractivity contribution in [3.63, 3.8) is 0 Å². The molecule has 0 aromatic rings. The molecule has 0 bridgehead atoms. The maximum atomic E-state index is 11.7. The molecule has 2 rings (SSSR count). The van der Waals surface area contributed by atoms with Gasteiger partial charge in [-0.1, -0.05) is 0 Å². The minimum absolute atomic E-state index is 0.748. The Morgan fingerprint density at radius 3 is 1.72 bits per heavy atom. The molecule has 0 radical (unpaired) electrons. The number of aliphatic carboxylic acids is 1. The zero-order valence-corrected chi connectivity index (χ0v) is 17.6. The second-order valence-corrected chi connectivity index (χ2v) is 7.30. The summed E-state index contributed by atoms with van der Waals surface area (Å²) >= 11 is 0. The summed E-state index contributed by atoms with van der Waals surface area (Å²) in [6, 6.07) is 0. The number of aliphatic hydroxyl groups excluding tert-OH is 3. The molecule has 14 nitrogen and oxygen atoms in total. The molecule has 14 heteroatoms. The lowest BCUT2D eigenvalue weighted by atomic mass is 9.96. The van der Waals surface area contributed by atoms with Crippen LogP contribution in [-0.4, -0.2) is 106 Å². The van der Waals surface area contributed by atoms with Crippen molar-refractivity contribution in [2.45, 2.75) is 89.1 Å². The van der Waals surface area contributed by atoms with E-state index in [1.54, 1.807) is 0 Å². The number of hydrogen-bond donors (Lipinski definition) is 4. The Labute approximate surface area is 181 Å². The minimum Gasteiger partial charge on any atom is -0.479 e. The van der Waals surface area contributed by atoms with E-state index in [9.17, 15) is 39.6 Å². The molecule has 0 aromatic heterocycles. The first-order chi connectivity index (χ1) is 14.8. The first kappa shape index (κ1) is 25.9. The zero-order valence-electron chi connectivity index (χ0n) is 17.6. The van der Waals surface area contributed by atoms with Gasteiger partial charge < -0.3 is 48.8 Å². The molecule has 2 aliphatic rings. The normalized spacial score (nSPS) is 39.6. The molecule has 4 N–H and O–H groups in total. The second-order valence-electron chi connectivity index (χ2n) is 7.30. The van der Waals surface area contributed by atoms with Crippen molar-refractivity contribution >= 4 is 23.9 Å². The summed E-state index contributed by atoms with van der Waals surface area (Å²) < 4.78 is 31.4. The van der Waals surface area contributed by atoms with Crippen molar-refractivity contribution in [2.75, 3.05) is 0 Å². The van der Waals surface area contributed by atoms with Crippen LogP contribution >= 0.6 is 0 Å². The molecule has 182 valence electrons. The fourth-order valence-corrected chi connectivity index (χ4v) is 3.44. The molecule has 0 aromatic carbocycles. The van der Waals surface area contributed by atoms with E-state index in [0.717, 1.165) is 20.8 Å². The number of esters is 3. The predicted molar refractivity (Wildman–Crippen MR) is 96.4 cm³/mol. The molecule has 0 spiro atoms. The molecule has 2 saturated heterocycles. The van der Waals surface area contributed by atoms with E-state index in [4.69, 9.17) is 28.4 Å². The Morgan fingerprint density at radius 1 is 0.719 bits per heavy atom. The molecule has 0 aliphatic carbocycles. The highest BCUT2D eigenvalue weighted by Crippen LogP contribution is 2.32. The number of carbonyl (C=O) groups is 4. The smallest absolute Gasteiger partial charge is 0.335 e.